The highest BCUT2D eigenvalue weighted by Gasteiger charge is 2.76. The van der Waals surface area contributed by atoms with Crippen LogP contribution in [0.2, 0.25) is 0 Å². The second-order valence-electron chi connectivity index (χ2n) is 12.1. The summed E-state index contributed by atoms with van der Waals surface area (Å²) in [5.41, 5.74) is 1.42. The molecular weight excluding hydrogens is 654 g/mol. The number of thioether (sulfide) groups is 1. The summed E-state index contributed by atoms with van der Waals surface area (Å²) >= 11 is 5.46. The van der Waals surface area contributed by atoms with E-state index in [0.29, 0.717) is 31.0 Å². The van der Waals surface area contributed by atoms with E-state index in [0.717, 1.165) is 5.56 Å². The summed E-state index contributed by atoms with van der Waals surface area (Å²) in [7, 11) is 0. The van der Waals surface area contributed by atoms with Crippen LogP contribution in [0, 0.1) is 11.8 Å². The van der Waals surface area contributed by atoms with Crippen LogP contribution >= 0.6 is 27.7 Å². The first-order chi connectivity index (χ1) is 21.6. The number of fused-ring (bicyclic) bond motifs is 1. The lowest BCUT2D eigenvalue weighted by atomic mass is 9.70. The summed E-state index contributed by atoms with van der Waals surface area (Å²) in [5.74, 6) is -1.36. The maximum Gasteiger partial charge on any atom is 0.247 e. The normalized spacial score (nSPS) is 27.3. The monoisotopic (exact) mass is 695 g/mol. The zero-order valence-electron chi connectivity index (χ0n) is 26.1. The summed E-state index contributed by atoms with van der Waals surface area (Å²) in [5, 5.41) is 10.6. The number of aliphatic hydroxyl groups is 1. The van der Waals surface area contributed by atoms with Gasteiger partial charge < -0.3 is 24.5 Å². The van der Waals surface area contributed by atoms with Crippen molar-refractivity contribution in [1.82, 2.24) is 9.80 Å². The molecule has 3 saturated heterocycles. The molecule has 3 aliphatic heterocycles. The van der Waals surface area contributed by atoms with Crippen molar-refractivity contribution in [3.8, 4) is 5.75 Å². The Balaban J connectivity index is 1.62. The lowest BCUT2D eigenvalue weighted by Crippen LogP contribution is -2.57. The highest BCUT2D eigenvalue weighted by molar-refractivity contribution is 9.09. The number of rotatable bonds is 13. The van der Waals surface area contributed by atoms with Crippen molar-refractivity contribution in [2.24, 2.45) is 11.8 Å². The molecule has 1 spiro atoms. The molecule has 3 unspecified atom stereocenters. The molecule has 7 atom stereocenters. The van der Waals surface area contributed by atoms with E-state index >= 15 is 0 Å². The Morgan fingerprint density at radius 3 is 2.36 bits per heavy atom. The van der Waals surface area contributed by atoms with Gasteiger partial charge in [-0.1, -0.05) is 58.4 Å². The van der Waals surface area contributed by atoms with Crippen LogP contribution in [0.25, 0.3) is 0 Å². The second kappa shape index (κ2) is 13.7. The molecule has 3 aliphatic rings. The minimum Gasteiger partial charge on any atom is -0.494 e. The fourth-order valence-corrected chi connectivity index (χ4v) is 11.0. The largest absolute Gasteiger partial charge is 0.494 e. The van der Waals surface area contributed by atoms with E-state index in [1.807, 2.05) is 75.4 Å². The highest BCUT2D eigenvalue weighted by Crippen LogP contribution is 2.69. The van der Waals surface area contributed by atoms with Crippen molar-refractivity contribution >= 4 is 51.1 Å². The fourth-order valence-electron chi connectivity index (χ4n) is 7.37. The van der Waals surface area contributed by atoms with Gasteiger partial charge in [-0.2, -0.15) is 0 Å². The standard InChI is InChI=1S/C35H42BrN3O5S/c1-6-18-37(22(4)5)34(43)31-35-20-26(36)30(45-35)28(29(35)33(42)39(31)27(21-40)23-12-10-9-11-13-23)32(41)38(19-7-2)24-14-16-25(17-15-24)44-8-3/h6-7,9-17,22,26-31,40H,1-2,8,18-21H2,3-5H3/t26?,27-,28-,29+,30-,31?,35?/m1/s1. The van der Waals surface area contributed by atoms with Crippen LogP contribution in [0.4, 0.5) is 5.69 Å². The van der Waals surface area contributed by atoms with Crippen molar-refractivity contribution in [3.63, 3.8) is 0 Å². The Morgan fingerprint density at radius 1 is 1.11 bits per heavy atom. The predicted molar refractivity (Wildman–Crippen MR) is 183 cm³/mol. The molecule has 45 heavy (non-hydrogen) atoms. The van der Waals surface area contributed by atoms with Crippen molar-refractivity contribution in [3.05, 3.63) is 85.5 Å². The minimum absolute atomic E-state index is 0.0853. The average Bonchev–Trinajstić information content (AvgIpc) is 3.63. The molecule has 0 aliphatic carbocycles. The first-order valence-corrected chi connectivity index (χ1v) is 17.3. The Labute approximate surface area is 278 Å². The number of nitrogens with zero attached hydrogens (tertiary/aromatic N) is 3. The molecule has 8 nitrogen and oxygen atoms in total. The second-order valence-corrected chi connectivity index (χ2v) is 14.8. The van der Waals surface area contributed by atoms with Gasteiger partial charge in [0.1, 0.15) is 11.8 Å². The van der Waals surface area contributed by atoms with Crippen LogP contribution in [0.1, 0.15) is 38.8 Å². The van der Waals surface area contributed by atoms with Crippen molar-refractivity contribution in [2.45, 2.75) is 60.1 Å². The molecule has 0 radical (unpaired) electrons. The van der Waals surface area contributed by atoms with Crippen LogP contribution in [0.15, 0.2) is 79.9 Å². The van der Waals surface area contributed by atoms with Gasteiger partial charge in [0.2, 0.25) is 17.7 Å². The molecule has 10 heteroatoms. The third-order valence-corrected chi connectivity index (χ3v) is 12.4. The average molecular weight is 697 g/mol. The van der Waals surface area contributed by atoms with Gasteiger partial charge in [0.15, 0.2) is 0 Å². The van der Waals surface area contributed by atoms with Gasteiger partial charge in [-0.15, -0.1) is 24.9 Å². The molecule has 3 heterocycles. The number of ether oxygens (including phenoxy) is 1. The van der Waals surface area contributed by atoms with Gasteiger partial charge in [-0.25, -0.2) is 0 Å². The zero-order chi connectivity index (χ0) is 32.5. The van der Waals surface area contributed by atoms with Gasteiger partial charge in [-0.3, -0.25) is 14.4 Å². The van der Waals surface area contributed by atoms with E-state index < -0.39 is 28.7 Å². The molecule has 5 rings (SSSR count). The Hall–Kier alpha value is -3.08. The summed E-state index contributed by atoms with van der Waals surface area (Å²) in [6.45, 7) is 14.3. The Morgan fingerprint density at radius 2 is 1.78 bits per heavy atom. The minimum atomic E-state index is -0.874. The van der Waals surface area contributed by atoms with Crippen LogP contribution in [0.5, 0.6) is 5.75 Å². The number of halogens is 1. The Bertz CT molecular complexity index is 1420. The van der Waals surface area contributed by atoms with E-state index in [1.54, 1.807) is 38.6 Å². The number of hydrogen-bond acceptors (Lipinski definition) is 6. The van der Waals surface area contributed by atoms with Gasteiger partial charge in [-0.05, 0) is 57.0 Å². The van der Waals surface area contributed by atoms with E-state index in [2.05, 4.69) is 29.1 Å². The van der Waals surface area contributed by atoms with Crippen LogP contribution in [-0.2, 0) is 14.4 Å². The van der Waals surface area contributed by atoms with Crippen LogP contribution in [-0.4, -0.2) is 85.8 Å². The molecule has 0 saturated carbocycles. The van der Waals surface area contributed by atoms with Crippen molar-refractivity contribution in [2.75, 3.05) is 31.2 Å². The van der Waals surface area contributed by atoms with E-state index in [9.17, 15) is 19.5 Å². The topological polar surface area (TPSA) is 90.4 Å². The molecular formula is C35H42BrN3O5S. The molecule has 2 aromatic rings. The van der Waals surface area contributed by atoms with Crippen molar-refractivity contribution < 1.29 is 24.2 Å². The van der Waals surface area contributed by atoms with Gasteiger partial charge >= 0.3 is 0 Å². The third kappa shape index (κ3) is 5.74. The fraction of sp³-hybridized carbons (Fsp3) is 0.457. The zero-order valence-corrected chi connectivity index (χ0v) is 28.5. The third-order valence-electron chi connectivity index (χ3n) is 9.21. The smallest absolute Gasteiger partial charge is 0.247 e. The summed E-state index contributed by atoms with van der Waals surface area (Å²) in [6, 6.07) is 14.9. The summed E-state index contributed by atoms with van der Waals surface area (Å²) in [4.78, 5) is 49.2. The van der Waals surface area contributed by atoms with E-state index in [4.69, 9.17) is 4.74 Å². The van der Waals surface area contributed by atoms with Gasteiger partial charge in [0.25, 0.3) is 0 Å². The maximum atomic E-state index is 14.9. The van der Waals surface area contributed by atoms with Gasteiger partial charge in [0, 0.05) is 34.9 Å². The first-order valence-electron chi connectivity index (χ1n) is 15.5. The number of carbonyl (C=O) groups is 3. The van der Waals surface area contributed by atoms with Gasteiger partial charge in [0.05, 0.1) is 35.8 Å². The molecule has 0 aromatic heterocycles. The molecule has 2 bridgehead atoms. The molecule has 1 N–H and O–H groups in total. The maximum absolute atomic E-state index is 14.9. The Kier molecular flexibility index (Phi) is 10.2. The quantitative estimate of drug-likeness (QED) is 0.228. The SMILES string of the molecule is C=CCN(C(=O)[C@H]1[C@@H]2SC3(CC2Br)C(C(=O)N(CC=C)C(C)C)N([C@H](CO)c2ccccc2)C(=O)[C@H]13)c1ccc(OCC)cc1. The van der Waals surface area contributed by atoms with E-state index in [1.165, 1.54) is 0 Å². The van der Waals surface area contributed by atoms with Crippen LogP contribution < -0.4 is 9.64 Å². The number of alkyl halides is 1. The summed E-state index contributed by atoms with van der Waals surface area (Å²) < 4.78 is 4.75. The summed E-state index contributed by atoms with van der Waals surface area (Å²) in [6.07, 6.45) is 3.92. The molecule has 3 fully saturated rings. The first kappa shape index (κ1) is 33.3. The molecule has 2 aromatic carbocycles. The van der Waals surface area contributed by atoms with Crippen molar-refractivity contribution in [1.29, 1.82) is 0 Å². The lowest BCUT2D eigenvalue weighted by Gasteiger charge is -2.41. The molecule has 240 valence electrons. The highest BCUT2D eigenvalue weighted by atomic mass is 79.9. The number of hydrogen-bond donors (Lipinski definition) is 1. The number of aliphatic hydroxyl groups excluding tert-OH is 1. The number of amides is 3. The molecule has 3 amide bonds. The number of carbonyl (C=O) groups excluding carboxylic acids is 3. The predicted octanol–water partition coefficient (Wildman–Crippen LogP) is 5.23. The van der Waals surface area contributed by atoms with E-state index in [-0.39, 0.29) is 47.0 Å². The number of benzene rings is 2. The lowest BCUT2D eigenvalue weighted by molar-refractivity contribution is -0.146. The number of likely N-dealkylation sites (tertiary alicyclic amines) is 1. The van der Waals surface area contributed by atoms with Crippen LogP contribution in [0.3, 0.4) is 0 Å². The number of anilines is 1.